The van der Waals surface area contributed by atoms with E-state index in [-0.39, 0.29) is 6.61 Å². The van der Waals surface area contributed by atoms with Crippen molar-refractivity contribution in [3.63, 3.8) is 0 Å². The van der Waals surface area contributed by atoms with Gasteiger partial charge in [-0.15, -0.1) is 11.3 Å². The van der Waals surface area contributed by atoms with Crippen LogP contribution in [0.4, 0.5) is 0 Å². The van der Waals surface area contributed by atoms with E-state index in [2.05, 4.69) is 4.90 Å². The van der Waals surface area contributed by atoms with Crippen LogP contribution in [-0.2, 0) is 6.54 Å². The topological polar surface area (TPSA) is 60.8 Å². The highest BCUT2D eigenvalue weighted by Gasteiger charge is 2.08. The summed E-state index contributed by atoms with van der Waals surface area (Å²) in [7, 11) is 2.03. The second kappa shape index (κ2) is 7.42. The molecule has 0 radical (unpaired) electrons. The number of rotatable bonds is 8. The molecule has 0 fully saturated rings. The number of aliphatic hydroxyl groups is 1. The molecule has 5 heteroatoms. The highest BCUT2D eigenvalue weighted by atomic mass is 32.1. The van der Waals surface area contributed by atoms with E-state index in [0.29, 0.717) is 4.88 Å². The number of thiophene rings is 1. The van der Waals surface area contributed by atoms with Crippen molar-refractivity contribution in [2.24, 2.45) is 0 Å². The van der Waals surface area contributed by atoms with Gasteiger partial charge in [0.05, 0.1) is 0 Å². The first-order chi connectivity index (χ1) is 8.13. The Morgan fingerprint density at radius 3 is 2.71 bits per heavy atom. The van der Waals surface area contributed by atoms with Gasteiger partial charge < -0.3 is 15.1 Å². The molecule has 1 rings (SSSR count). The van der Waals surface area contributed by atoms with Crippen LogP contribution < -0.4 is 0 Å². The van der Waals surface area contributed by atoms with Gasteiger partial charge in [-0.2, -0.15) is 0 Å². The Labute approximate surface area is 106 Å². The number of unbranched alkanes of at least 4 members (excludes halogenated alkanes) is 2. The lowest BCUT2D eigenvalue weighted by Crippen LogP contribution is -2.18. The fourth-order valence-electron chi connectivity index (χ4n) is 1.59. The van der Waals surface area contributed by atoms with E-state index in [1.807, 2.05) is 13.1 Å². The molecule has 0 aromatic carbocycles. The largest absolute Gasteiger partial charge is 0.477 e. The van der Waals surface area contributed by atoms with Crippen molar-refractivity contribution in [3.05, 3.63) is 21.9 Å². The van der Waals surface area contributed by atoms with Gasteiger partial charge in [-0.1, -0.05) is 0 Å². The molecule has 4 nitrogen and oxygen atoms in total. The maximum atomic E-state index is 10.7. The van der Waals surface area contributed by atoms with Crippen molar-refractivity contribution >= 4 is 17.3 Å². The second-order valence-electron chi connectivity index (χ2n) is 4.09. The molecule has 0 bridgehead atoms. The highest BCUT2D eigenvalue weighted by Crippen LogP contribution is 2.18. The van der Waals surface area contributed by atoms with E-state index >= 15 is 0 Å². The molecule has 0 spiro atoms. The van der Waals surface area contributed by atoms with E-state index in [9.17, 15) is 4.79 Å². The fourth-order valence-corrected chi connectivity index (χ4v) is 2.52. The zero-order valence-electron chi connectivity index (χ0n) is 10.1. The number of carboxylic acid groups (broad SMARTS) is 1. The molecular formula is C12H19NO3S. The number of hydrogen-bond donors (Lipinski definition) is 2. The van der Waals surface area contributed by atoms with Crippen molar-refractivity contribution in [2.75, 3.05) is 20.2 Å². The molecule has 96 valence electrons. The number of aromatic carboxylic acids is 1. The average molecular weight is 257 g/mol. The fraction of sp³-hybridized carbons (Fsp3) is 0.583. The van der Waals surface area contributed by atoms with Crippen molar-refractivity contribution in [1.29, 1.82) is 0 Å². The number of aliphatic hydroxyl groups excluding tert-OH is 1. The van der Waals surface area contributed by atoms with Gasteiger partial charge in [0, 0.05) is 18.0 Å². The summed E-state index contributed by atoms with van der Waals surface area (Å²) in [5.74, 6) is -0.855. The van der Waals surface area contributed by atoms with Crippen LogP contribution in [0.1, 0.15) is 33.8 Å². The lowest BCUT2D eigenvalue weighted by Gasteiger charge is -2.14. The first-order valence-corrected chi connectivity index (χ1v) is 6.56. The molecule has 1 heterocycles. The van der Waals surface area contributed by atoms with Gasteiger partial charge in [0.2, 0.25) is 0 Å². The molecule has 0 aliphatic rings. The van der Waals surface area contributed by atoms with Gasteiger partial charge in [-0.3, -0.25) is 0 Å². The van der Waals surface area contributed by atoms with E-state index in [1.54, 1.807) is 6.07 Å². The van der Waals surface area contributed by atoms with Crippen LogP contribution in [-0.4, -0.2) is 41.3 Å². The van der Waals surface area contributed by atoms with Crippen molar-refractivity contribution in [2.45, 2.75) is 25.8 Å². The van der Waals surface area contributed by atoms with Crippen LogP contribution in [0.15, 0.2) is 12.1 Å². The maximum Gasteiger partial charge on any atom is 0.345 e. The van der Waals surface area contributed by atoms with Gasteiger partial charge in [0.1, 0.15) is 4.88 Å². The third-order valence-electron chi connectivity index (χ3n) is 2.50. The summed E-state index contributed by atoms with van der Waals surface area (Å²) in [4.78, 5) is 14.4. The van der Waals surface area contributed by atoms with Crippen LogP contribution in [0.2, 0.25) is 0 Å². The minimum absolute atomic E-state index is 0.261. The molecule has 2 N–H and O–H groups in total. The van der Waals surface area contributed by atoms with Crippen LogP contribution in [0, 0.1) is 0 Å². The van der Waals surface area contributed by atoms with Crippen molar-refractivity contribution in [3.8, 4) is 0 Å². The molecule has 0 aliphatic carbocycles. The Morgan fingerprint density at radius 2 is 2.12 bits per heavy atom. The number of carboxylic acids is 1. The third-order valence-corrected chi connectivity index (χ3v) is 3.55. The first-order valence-electron chi connectivity index (χ1n) is 5.75. The molecule has 0 saturated carbocycles. The molecule has 1 aromatic heterocycles. The van der Waals surface area contributed by atoms with Gasteiger partial charge in [0.25, 0.3) is 0 Å². The van der Waals surface area contributed by atoms with E-state index in [0.717, 1.165) is 37.2 Å². The first kappa shape index (κ1) is 14.2. The second-order valence-corrected chi connectivity index (χ2v) is 5.26. The minimum atomic E-state index is -0.855. The Kier molecular flexibility index (Phi) is 6.18. The standard InChI is InChI=1S/C12H19NO3S/c1-13(7-3-2-4-8-14)9-10-5-6-11(17-10)12(15)16/h5-6,14H,2-4,7-9H2,1H3,(H,15,16). The van der Waals surface area contributed by atoms with E-state index in [4.69, 9.17) is 10.2 Å². The monoisotopic (exact) mass is 257 g/mol. The average Bonchev–Trinajstić information content (AvgIpc) is 2.73. The summed E-state index contributed by atoms with van der Waals surface area (Å²) in [5, 5.41) is 17.5. The number of nitrogens with zero attached hydrogens (tertiary/aromatic N) is 1. The van der Waals surface area contributed by atoms with E-state index < -0.39 is 5.97 Å². The smallest absolute Gasteiger partial charge is 0.345 e. The predicted molar refractivity (Wildman–Crippen MR) is 68.5 cm³/mol. The highest BCUT2D eigenvalue weighted by molar-refractivity contribution is 7.13. The van der Waals surface area contributed by atoms with E-state index in [1.165, 1.54) is 11.3 Å². The summed E-state index contributed by atoms with van der Waals surface area (Å²) in [6.45, 7) is 2.02. The Morgan fingerprint density at radius 1 is 1.35 bits per heavy atom. The summed E-state index contributed by atoms with van der Waals surface area (Å²) in [6.07, 6.45) is 2.95. The number of hydrogen-bond acceptors (Lipinski definition) is 4. The molecule has 1 aromatic rings. The quantitative estimate of drug-likeness (QED) is 0.700. The predicted octanol–water partition coefficient (Wildman–Crippen LogP) is 2.04. The Hall–Kier alpha value is -0.910. The van der Waals surface area contributed by atoms with Crippen LogP contribution >= 0.6 is 11.3 Å². The molecule has 0 aliphatic heterocycles. The van der Waals surface area contributed by atoms with Gasteiger partial charge >= 0.3 is 5.97 Å². The summed E-state index contributed by atoms with van der Waals surface area (Å²) < 4.78 is 0. The summed E-state index contributed by atoms with van der Waals surface area (Å²) >= 11 is 1.33. The summed E-state index contributed by atoms with van der Waals surface area (Å²) in [5.41, 5.74) is 0. The molecule has 0 saturated heterocycles. The SMILES string of the molecule is CN(CCCCCO)Cc1ccc(C(=O)O)s1. The molecule has 0 unspecified atom stereocenters. The zero-order chi connectivity index (χ0) is 12.7. The van der Waals surface area contributed by atoms with Gasteiger partial charge in [0.15, 0.2) is 0 Å². The van der Waals surface area contributed by atoms with Gasteiger partial charge in [-0.25, -0.2) is 4.79 Å². The summed E-state index contributed by atoms with van der Waals surface area (Å²) in [6, 6.07) is 3.53. The molecule has 0 amide bonds. The lowest BCUT2D eigenvalue weighted by atomic mass is 10.2. The van der Waals surface area contributed by atoms with Crippen molar-refractivity contribution < 1.29 is 15.0 Å². The molecule has 0 atom stereocenters. The minimum Gasteiger partial charge on any atom is -0.477 e. The molecular weight excluding hydrogens is 238 g/mol. The number of carbonyl (C=O) groups is 1. The van der Waals surface area contributed by atoms with Crippen molar-refractivity contribution in [1.82, 2.24) is 4.90 Å². The van der Waals surface area contributed by atoms with Crippen LogP contribution in [0.5, 0.6) is 0 Å². The Balaban J connectivity index is 2.29. The van der Waals surface area contributed by atoms with Crippen LogP contribution in [0.3, 0.4) is 0 Å². The Bertz CT molecular complexity index is 351. The van der Waals surface area contributed by atoms with Crippen LogP contribution in [0.25, 0.3) is 0 Å². The third kappa shape index (κ3) is 5.30. The maximum absolute atomic E-state index is 10.7. The van der Waals surface area contributed by atoms with Gasteiger partial charge in [-0.05, 0) is 45.0 Å². The normalized spacial score (nSPS) is 11.0. The lowest BCUT2D eigenvalue weighted by molar-refractivity contribution is 0.0702. The molecule has 17 heavy (non-hydrogen) atoms. The zero-order valence-corrected chi connectivity index (χ0v) is 10.9.